The molecule has 3 N–H and O–H groups in total. The summed E-state index contributed by atoms with van der Waals surface area (Å²) in [6, 6.07) is 3.85. The summed E-state index contributed by atoms with van der Waals surface area (Å²) < 4.78 is 1.90. The molecule has 0 aromatic carbocycles. The summed E-state index contributed by atoms with van der Waals surface area (Å²) >= 11 is 0. The van der Waals surface area contributed by atoms with E-state index in [9.17, 15) is 4.79 Å². The molecule has 2 aromatic rings. The third kappa shape index (κ3) is 4.77. The molecule has 1 atom stereocenters. The Morgan fingerprint density at radius 3 is 2.65 bits per heavy atom. The number of hydrogen-bond donors (Lipinski definition) is 2. The van der Waals surface area contributed by atoms with Crippen molar-refractivity contribution in [2.24, 2.45) is 5.73 Å². The molecule has 1 amide bonds. The molecule has 0 aliphatic heterocycles. The second-order valence-corrected chi connectivity index (χ2v) is 5.72. The van der Waals surface area contributed by atoms with Crippen LogP contribution in [0.1, 0.15) is 38.1 Å². The van der Waals surface area contributed by atoms with Gasteiger partial charge in [-0.1, -0.05) is 19.4 Å². The highest BCUT2D eigenvalue weighted by molar-refractivity contribution is 5.85. The lowest BCUT2D eigenvalue weighted by Crippen LogP contribution is -2.51. The largest absolute Gasteiger partial charge is 0.350 e. The summed E-state index contributed by atoms with van der Waals surface area (Å²) in [4.78, 5) is 20.6. The minimum absolute atomic E-state index is 0. The van der Waals surface area contributed by atoms with Crippen LogP contribution in [0.25, 0.3) is 5.82 Å². The van der Waals surface area contributed by atoms with E-state index in [1.165, 1.54) is 0 Å². The Morgan fingerprint density at radius 1 is 1.39 bits per heavy atom. The SMILES string of the molecule is CCCC(C)(N)C(=O)NCc1ccc(-n2ccnc2C)nc1.Cl. The van der Waals surface area contributed by atoms with E-state index >= 15 is 0 Å². The van der Waals surface area contributed by atoms with Gasteiger partial charge in [0.2, 0.25) is 5.91 Å². The van der Waals surface area contributed by atoms with Crippen molar-refractivity contribution in [2.45, 2.75) is 45.7 Å². The number of halogens is 1. The predicted octanol–water partition coefficient (Wildman–Crippen LogP) is 2.13. The number of amides is 1. The Morgan fingerprint density at radius 2 is 2.13 bits per heavy atom. The van der Waals surface area contributed by atoms with Crippen LogP contribution in [0.5, 0.6) is 0 Å². The number of rotatable bonds is 6. The molecule has 23 heavy (non-hydrogen) atoms. The van der Waals surface area contributed by atoms with Gasteiger partial charge >= 0.3 is 0 Å². The highest BCUT2D eigenvalue weighted by Gasteiger charge is 2.26. The van der Waals surface area contributed by atoms with E-state index in [2.05, 4.69) is 15.3 Å². The molecule has 0 saturated carbocycles. The van der Waals surface area contributed by atoms with Crippen molar-refractivity contribution in [2.75, 3.05) is 0 Å². The quantitative estimate of drug-likeness (QED) is 0.845. The molecule has 6 nitrogen and oxygen atoms in total. The average Bonchev–Trinajstić information content (AvgIpc) is 2.91. The first-order chi connectivity index (χ1) is 10.4. The lowest BCUT2D eigenvalue weighted by atomic mass is 9.96. The standard InChI is InChI=1S/C16H23N5O.ClH/c1-4-7-16(3,17)15(22)20-11-13-5-6-14(19-10-13)21-9-8-18-12(21)2;/h5-6,8-10H,4,7,11,17H2,1-3H3,(H,20,22);1H. The first-order valence-corrected chi connectivity index (χ1v) is 7.46. The average molecular weight is 338 g/mol. The third-order valence-electron chi connectivity index (χ3n) is 3.62. The second-order valence-electron chi connectivity index (χ2n) is 5.72. The zero-order chi connectivity index (χ0) is 16.2. The van der Waals surface area contributed by atoms with Crippen molar-refractivity contribution in [3.05, 3.63) is 42.1 Å². The van der Waals surface area contributed by atoms with E-state index in [0.29, 0.717) is 13.0 Å². The third-order valence-corrected chi connectivity index (χ3v) is 3.62. The van der Waals surface area contributed by atoms with Gasteiger partial charge in [0.1, 0.15) is 11.6 Å². The predicted molar refractivity (Wildman–Crippen MR) is 92.7 cm³/mol. The Hall–Kier alpha value is -1.92. The first-order valence-electron chi connectivity index (χ1n) is 7.46. The number of nitrogens with one attached hydrogen (secondary N) is 1. The van der Waals surface area contributed by atoms with Gasteiger partial charge in [-0.3, -0.25) is 9.36 Å². The van der Waals surface area contributed by atoms with Crippen LogP contribution in [0.3, 0.4) is 0 Å². The Balaban J connectivity index is 0.00000264. The minimum Gasteiger partial charge on any atom is -0.350 e. The Labute approximate surface area is 142 Å². The van der Waals surface area contributed by atoms with Crippen LogP contribution in [-0.2, 0) is 11.3 Å². The van der Waals surface area contributed by atoms with Gasteiger partial charge in [0.25, 0.3) is 0 Å². The van der Waals surface area contributed by atoms with Crippen molar-refractivity contribution in [1.82, 2.24) is 19.9 Å². The summed E-state index contributed by atoms with van der Waals surface area (Å²) in [5, 5.41) is 2.87. The molecule has 0 fully saturated rings. The monoisotopic (exact) mass is 337 g/mol. The molecule has 0 radical (unpaired) electrons. The summed E-state index contributed by atoms with van der Waals surface area (Å²) in [7, 11) is 0. The summed E-state index contributed by atoms with van der Waals surface area (Å²) in [5.41, 5.74) is 6.11. The molecular weight excluding hydrogens is 314 g/mol. The van der Waals surface area contributed by atoms with Crippen molar-refractivity contribution in [3.63, 3.8) is 0 Å². The van der Waals surface area contributed by atoms with E-state index in [1.54, 1.807) is 19.3 Å². The number of aryl methyl sites for hydroxylation is 1. The van der Waals surface area contributed by atoms with Gasteiger partial charge in [-0.05, 0) is 31.9 Å². The van der Waals surface area contributed by atoms with E-state index in [-0.39, 0.29) is 18.3 Å². The van der Waals surface area contributed by atoms with Crippen molar-refractivity contribution >= 4 is 18.3 Å². The normalized spacial score (nSPS) is 13.0. The lowest BCUT2D eigenvalue weighted by Gasteiger charge is -2.22. The lowest BCUT2D eigenvalue weighted by molar-refractivity contribution is -0.126. The van der Waals surface area contributed by atoms with Crippen LogP contribution < -0.4 is 11.1 Å². The highest BCUT2D eigenvalue weighted by Crippen LogP contribution is 2.10. The van der Waals surface area contributed by atoms with Crippen LogP contribution in [0.4, 0.5) is 0 Å². The molecule has 0 aliphatic rings. The molecule has 0 aliphatic carbocycles. The number of nitrogens with zero attached hydrogens (tertiary/aromatic N) is 3. The minimum atomic E-state index is -0.823. The van der Waals surface area contributed by atoms with E-state index in [4.69, 9.17) is 5.73 Å². The number of carbonyl (C=O) groups excluding carboxylic acids is 1. The van der Waals surface area contributed by atoms with Crippen LogP contribution >= 0.6 is 12.4 Å². The zero-order valence-electron chi connectivity index (χ0n) is 13.7. The van der Waals surface area contributed by atoms with Gasteiger partial charge in [-0.25, -0.2) is 9.97 Å². The fraction of sp³-hybridized carbons (Fsp3) is 0.438. The number of aromatic nitrogens is 3. The molecule has 0 saturated heterocycles. The zero-order valence-corrected chi connectivity index (χ0v) is 14.6. The van der Waals surface area contributed by atoms with Crippen molar-refractivity contribution < 1.29 is 4.79 Å². The molecular formula is C16H24ClN5O. The molecule has 2 aromatic heterocycles. The van der Waals surface area contributed by atoms with E-state index < -0.39 is 5.54 Å². The first kappa shape index (κ1) is 19.1. The number of imidazole rings is 1. The smallest absolute Gasteiger partial charge is 0.240 e. The van der Waals surface area contributed by atoms with Crippen LogP contribution in [0, 0.1) is 6.92 Å². The number of hydrogen-bond acceptors (Lipinski definition) is 4. The number of carbonyl (C=O) groups is 1. The molecule has 126 valence electrons. The second kappa shape index (κ2) is 8.08. The molecule has 0 bridgehead atoms. The Bertz CT molecular complexity index is 636. The van der Waals surface area contributed by atoms with Gasteiger partial charge in [0.05, 0.1) is 5.54 Å². The molecule has 2 heterocycles. The fourth-order valence-electron chi connectivity index (χ4n) is 2.30. The summed E-state index contributed by atoms with van der Waals surface area (Å²) in [6.45, 7) is 6.12. The van der Waals surface area contributed by atoms with Gasteiger partial charge in [0, 0.05) is 25.1 Å². The van der Waals surface area contributed by atoms with Gasteiger partial charge in [0.15, 0.2) is 0 Å². The highest BCUT2D eigenvalue weighted by atomic mass is 35.5. The maximum Gasteiger partial charge on any atom is 0.240 e. The number of nitrogens with two attached hydrogens (primary N) is 1. The fourth-order valence-corrected chi connectivity index (χ4v) is 2.30. The summed E-state index contributed by atoms with van der Waals surface area (Å²) in [5.74, 6) is 1.55. The van der Waals surface area contributed by atoms with Gasteiger partial charge in [-0.15, -0.1) is 12.4 Å². The van der Waals surface area contributed by atoms with Crippen molar-refractivity contribution in [1.29, 1.82) is 0 Å². The van der Waals surface area contributed by atoms with Gasteiger partial charge < -0.3 is 11.1 Å². The molecule has 2 rings (SSSR count). The van der Waals surface area contributed by atoms with E-state index in [0.717, 1.165) is 23.6 Å². The molecule has 0 spiro atoms. The summed E-state index contributed by atoms with van der Waals surface area (Å²) in [6.07, 6.45) is 6.89. The van der Waals surface area contributed by atoms with Crippen LogP contribution in [0.15, 0.2) is 30.7 Å². The van der Waals surface area contributed by atoms with Crippen molar-refractivity contribution in [3.8, 4) is 5.82 Å². The van der Waals surface area contributed by atoms with E-state index in [1.807, 2.05) is 36.7 Å². The van der Waals surface area contributed by atoms with Gasteiger partial charge in [-0.2, -0.15) is 0 Å². The molecule has 1 unspecified atom stereocenters. The maximum atomic E-state index is 12.1. The number of pyridine rings is 1. The topological polar surface area (TPSA) is 85.8 Å². The maximum absolute atomic E-state index is 12.1. The molecule has 7 heteroatoms. The Kier molecular flexibility index (Phi) is 6.72. The van der Waals surface area contributed by atoms with Crippen LogP contribution in [-0.4, -0.2) is 26.0 Å². The van der Waals surface area contributed by atoms with Crippen LogP contribution in [0.2, 0.25) is 0 Å².